The molecule has 0 radical (unpaired) electrons. The van der Waals surface area contributed by atoms with E-state index in [-0.39, 0.29) is 11.9 Å². The van der Waals surface area contributed by atoms with E-state index in [0.29, 0.717) is 6.42 Å². The van der Waals surface area contributed by atoms with Crippen LogP contribution in [0.3, 0.4) is 0 Å². The number of hydrogen-bond donors (Lipinski definition) is 0. The van der Waals surface area contributed by atoms with Gasteiger partial charge in [0.2, 0.25) is 0 Å². The molecule has 3 rings (SSSR count). The Labute approximate surface area is 111 Å². The first kappa shape index (κ1) is 12.0. The monoisotopic (exact) mass is 260 g/mol. The number of ether oxygens (including phenoxy) is 1. The Bertz CT molecular complexity index is 614. The maximum atomic E-state index is 11.6. The van der Waals surface area contributed by atoms with Crippen molar-refractivity contribution in [3.63, 3.8) is 0 Å². The molecule has 1 unspecified atom stereocenters. The van der Waals surface area contributed by atoms with E-state index in [9.17, 15) is 4.79 Å². The summed E-state index contributed by atoms with van der Waals surface area (Å²) >= 11 is 0. The van der Waals surface area contributed by atoms with E-state index in [2.05, 4.69) is 14.8 Å². The molecule has 0 bridgehead atoms. The zero-order valence-electron chi connectivity index (χ0n) is 11.0. The lowest BCUT2D eigenvalue weighted by Crippen LogP contribution is -2.27. The number of aromatic nitrogens is 4. The fraction of sp³-hybridized carbons (Fsp3) is 0.462. The van der Waals surface area contributed by atoms with Crippen molar-refractivity contribution >= 4 is 5.97 Å². The summed E-state index contributed by atoms with van der Waals surface area (Å²) in [5.41, 5.74) is 1.04. The van der Waals surface area contributed by atoms with Gasteiger partial charge in [-0.1, -0.05) is 0 Å². The number of hydrogen-bond acceptors (Lipinski definition) is 4. The number of carbonyl (C=O) groups excluding carboxylic acids is 1. The van der Waals surface area contributed by atoms with Gasteiger partial charge >= 0.3 is 5.97 Å². The summed E-state index contributed by atoms with van der Waals surface area (Å²) in [5, 5.41) is 8.47. The summed E-state index contributed by atoms with van der Waals surface area (Å²) in [6.07, 6.45) is 3.36. The van der Waals surface area contributed by atoms with E-state index >= 15 is 0 Å². The van der Waals surface area contributed by atoms with E-state index in [4.69, 9.17) is 4.74 Å². The van der Waals surface area contributed by atoms with Crippen molar-refractivity contribution in [1.29, 1.82) is 0 Å². The lowest BCUT2D eigenvalue weighted by Gasteiger charge is -2.21. The van der Waals surface area contributed by atoms with Gasteiger partial charge in [0.1, 0.15) is 5.82 Å². The third-order valence-electron chi connectivity index (χ3n) is 3.66. The molecule has 0 fully saturated rings. The summed E-state index contributed by atoms with van der Waals surface area (Å²) in [6.45, 7) is 0.753. The van der Waals surface area contributed by atoms with Gasteiger partial charge in [-0.2, -0.15) is 0 Å². The van der Waals surface area contributed by atoms with Gasteiger partial charge in [-0.05, 0) is 18.6 Å². The lowest BCUT2D eigenvalue weighted by atomic mass is 9.98. The molecule has 1 aliphatic heterocycles. The first-order valence-corrected chi connectivity index (χ1v) is 6.32. The number of rotatable bonds is 2. The molecular weight excluding hydrogens is 244 g/mol. The summed E-state index contributed by atoms with van der Waals surface area (Å²) in [4.78, 5) is 11.6. The average molecular weight is 260 g/mol. The summed E-state index contributed by atoms with van der Waals surface area (Å²) in [7, 11) is 3.41. The van der Waals surface area contributed by atoms with Gasteiger partial charge in [-0.15, -0.1) is 10.2 Å². The summed E-state index contributed by atoms with van der Waals surface area (Å²) in [5.74, 6) is 1.47. The number of esters is 1. The van der Waals surface area contributed by atoms with Crippen LogP contribution >= 0.6 is 0 Å². The number of nitrogens with zero attached hydrogens (tertiary/aromatic N) is 4. The highest BCUT2D eigenvalue weighted by Gasteiger charge is 2.29. The fourth-order valence-electron chi connectivity index (χ4n) is 2.58. The van der Waals surface area contributed by atoms with Crippen molar-refractivity contribution in [1.82, 2.24) is 19.3 Å². The average Bonchev–Trinajstić information content (AvgIpc) is 3.02. The number of methoxy groups -OCH3 is 1. The molecule has 6 nitrogen and oxygen atoms in total. The Balaban J connectivity index is 1.92. The van der Waals surface area contributed by atoms with E-state index in [1.165, 1.54) is 7.11 Å². The molecule has 6 heteroatoms. The Hall–Kier alpha value is -2.11. The first-order valence-electron chi connectivity index (χ1n) is 6.32. The second-order valence-electron chi connectivity index (χ2n) is 4.81. The van der Waals surface area contributed by atoms with Gasteiger partial charge in [0.15, 0.2) is 5.82 Å². The van der Waals surface area contributed by atoms with Crippen molar-refractivity contribution in [2.45, 2.75) is 19.4 Å². The number of fused-ring (bicyclic) bond motifs is 1. The highest BCUT2D eigenvalue weighted by atomic mass is 16.5. The molecule has 3 heterocycles. The van der Waals surface area contributed by atoms with Crippen LogP contribution in [0.15, 0.2) is 18.3 Å². The van der Waals surface area contributed by atoms with Crippen LogP contribution in [0.25, 0.3) is 11.5 Å². The molecule has 2 aromatic heterocycles. The Morgan fingerprint density at radius 2 is 2.32 bits per heavy atom. The molecule has 1 aliphatic rings. The molecule has 2 aromatic rings. The SMILES string of the molecule is COC(=O)C1CCn2c(nnc2-c2cccn2C)C1. The highest BCUT2D eigenvalue weighted by molar-refractivity contribution is 5.72. The molecule has 0 aliphatic carbocycles. The quantitative estimate of drug-likeness (QED) is 0.756. The Morgan fingerprint density at radius 3 is 3.00 bits per heavy atom. The smallest absolute Gasteiger partial charge is 0.309 e. The van der Waals surface area contributed by atoms with Gasteiger partial charge in [0.25, 0.3) is 0 Å². The highest BCUT2D eigenvalue weighted by Crippen LogP contribution is 2.26. The number of carbonyl (C=O) groups is 1. The van der Waals surface area contributed by atoms with Gasteiger partial charge in [-0.3, -0.25) is 4.79 Å². The molecule has 19 heavy (non-hydrogen) atoms. The van der Waals surface area contributed by atoms with Crippen LogP contribution in [0.4, 0.5) is 0 Å². The maximum Gasteiger partial charge on any atom is 0.309 e. The molecule has 100 valence electrons. The van der Waals surface area contributed by atoms with Crippen molar-refractivity contribution in [2.24, 2.45) is 13.0 Å². The van der Waals surface area contributed by atoms with Gasteiger partial charge < -0.3 is 13.9 Å². The van der Waals surface area contributed by atoms with Gasteiger partial charge in [0.05, 0.1) is 18.7 Å². The Morgan fingerprint density at radius 1 is 1.47 bits per heavy atom. The second-order valence-corrected chi connectivity index (χ2v) is 4.81. The third kappa shape index (κ3) is 1.93. The molecule has 0 saturated carbocycles. The summed E-state index contributed by atoms with van der Waals surface area (Å²) in [6, 6.07) is 4.00. The van der Waals surface area contributed by atoms with Crippen LogP contribution in [-0.4, -0.2) is 32.4 Å². The van der Waals surface area contributed by atoms with Crippen LogP contribution in [-0.2, 0) is 29.5 Å². The van der Waals surface area contributed by atoms with E-state index in [0.717, 1.165) is 30.3 Å². The van der Waals surface area contributed by atoms with Crippen molar-refractivity contribution in [3.05, 3.63) is 24.2 Å². The van der Waals surface area contributed by atoms with Crippen LogP contribution in [0, 0.1) is 5.92 Å². The molecule has 0 N–H and O–H groups in total. The predicted octanol–water partition coefficient (Wildman–Crippen LogP) is 1.02. The Kier molecular flexibility index (Phi) is 2.85. The minimum absolute atomic E-state index is 0.0945. The molecular formula is C13H16N4O2. The predicted molar refractivity (Wildman–Crippen MR) is 68.3 cm³/mol. The zero-order chi connectivity index (χ0) is 13.4. The third-order valence-corrected chi connectivity index (χ3v) is 3.66. The van der Waals surface area contributed by atoms with E-state index in [1.807, 2.05) is 29.9 Å². The van der Waals surface area contributed by atoms with Crippen LogP contribution in [0.1, 0.15) is 12.2 Å². The standard InChI is InChI=1S/C13H16N4O2/c1-16-6-3-4-10(16)12-15-14-11-8-9(13(18)19-2)5-7-17(11)12/h3-4,6,9H,5,7-8H2,1-2H3. The van der Waals surface area contributed by atoms with Crippen molar-refractivity contribution in [2.75, 3.05) is 7.11 Å². The topological polar surface area (TPSA) is 61.9 Å². The van der Waals surface area contributed by atoms with Crippen molar-refractivity contribution in [3.8, 4) is 11.5 Å². The van der Waals surface area contributed by atoms with Crippen molar-refractivity contribution < 1.29 is 9.53 Å². The lowest BCUT2D eigenvalue weighted by molar-refractivity contribution is -0.146. The molecule has 0 saturated heterocycles. The number of aryl methyl sites for hydroxylation is 1. The minimum atomic E-state index is -0.158. The van der Waals surface area contributed by atoms with E-state index < -0.39 is 0 Å². The van der Waals surface area contributed by atoms with Crippen LogP contribution < -0.4 is 0 Å². The molecule has 0 aromatic carbocycles. The van der Waals surface area contributed by atoms with E-state index in [1.54, 1.807) is 0 Å². The fourth-order valence-corrected chi connectivity index (χ4v) is 2.58. The molecule has 0 spiro atoms. The van der Waals surface area contributed by atoms with Crippen LogP contribution in [0.5, 0.6) is 0 Å². The minimum Gasteiger partial charge on any atom is -0.469 e. The largest absolute Gasteiger partial charge is 0.469 e. The molecule has 0 amide bonds. The van der Waals surface area contributed by atoms with Gasteiger partial charge in [0, 0.05) is 26.2 Å². The zero-order valence-corrected chi connectivity index (χ0v) is 11.0. The second kappa shape index (κ2) is 4.53. The maximum absolute atomic E-state index is 11.6. The van der Waals surface area contributed by atoms with Gasteiger partial charge in [-0.25, -0.2) is 0 Å². The molecule has 1 atom stereocenters. The van der Waals surface area contributed by atoms with Crippen LogP contribution in [0.2, 0.25) is 0 Å². The summed E-state index contributed by atoms with van der Waals surface area (Å²) < 4.78 is 8.91. The first-order chi connectivity index (χ1) is 9.20. The normalized spacial score (nSPS) is 18.1.